The van der Waals surface area contributed by atoms with Crippen molar-refractivity contribution in [2.24, 2.45) is 0 Å². The number of nitrogens with zero attached hydrogens (tertiary/aromatic N) is 1. The molecule has 0 aromatic carbocycles. The molecule has 0 aromatic rings. The smallest absolute Gasteiger partial charge is 0.0879 e. The van der Waals surface area contributed by atoms with Crippen molar-refractivity contribution in [2.75, 3.05) is 21.2 Å². The summed E-state index contributed by atoms with van der Waals surface area (Å²) in [5.74, 6) is 0. The van der Waals surface area contributed by atoms with Gasteiger partial charge in [0.25, 0.3) is 0 Å². The Hall–Kier alpha value is 0.350. The Labute approximate surface area is 40.4 Å². The van der Waals surface area contributed by atoms with Crippen molar-refractivity contribution in [3.8, 4) is 0 Å². The predicted molar refractivity (Wildman–Crippen MR) is 29.0 cm³/mol. The van der Waals surface area contributed by atoms with E-state index in [2.05, 4.69) is 0 Å². The van der Waals surface area contributed by atoms with Crippen molar-refractivity contribution in [3.05, 3.63) is 0 Å². The molecule has 0 saturated heterocycles. The molecule has 0 spiro atoms. The maximum absolute atomic E-state index is 4.76. The van der Waals surface area contributed by atoms with Crippen molar-refractivity contribution in [2.45, 2.75) is 0 Å². The molecule has 1 unspecified atom stereocenters. The summed E-state index contributed by atoms with van der Waals surface area (Å²) in [5.41, 5.74) is 0. The second-order valence-corrected chi connectivity index (χ2v) is 2.68. The van der Waals surface area contributed by atoms with Gasteiger partial charge in [0.15, 0.2) is 0 Å². The Morgan fingerprint density at radius 1 is 1.50 bits per heavy atom. The minimum Gasteiger partial charge on any atom is -0.350 e. The van der Waals surface area contributed by atoms with Crippen molar-refractivity contribution >= 4 is 8.96 Å². The predicted octanol–water partition coefficient (Wildman–Crippen LogP) is 0.703. The summed E-state index contributed by atoms with van der Waals surface area (Å²) in [7, 11) is 6.15. The fourth-order valence-electron chi connectivity index (χ4n) is 0.183. The molecule has 38 valence electrons. The van der Waals surface area contributed by atoms with Crippen molar-refractivity contribution in [3.63, 3.8) is 0 Å². The van der Waals surface area contributed by atoms with Crippen LogP contribution in [0.4, 0.5) is 0 Å². The molecule has 0 amide bonds. The average Bonchev–Trinajstić information content (AvgIpc) is 1.35. The highest BCUT2D eigenvalue weighted by Gasteiger charge is 1.79. The van der Waals surface area contributed by atoms with E-state index in [9.17, 15) is 0 Å². The third-order valence-corrected chi connectivity index (χ3v) is 0.822. The molecule has 0 bridgehead atoms. The third-order valence-electron chi connectivity index (χ3n) is 0.274. The normalized spacial score (nSPS) is 12.0. The first kappa shape index (κ1) is 6.35. The van der Waals surface area contributed by atoms with Gasteiger partial charge in [0, 0.05) is 7.11 Å². The minimum atomic E-state index is 0.505. The molecule has 0 aliphatic heterocycles. The van der Waals surface area contributed by atoms with Crippen LogP contribution in [0.5, 0.6) is 0 Å². The van der Waals surface area contributed by atoms with Crippen LogP contribution in [0.2, 0.25) is 0 Å². The molecule has 0 saturated carbocycles. The van der Waals surface area contributed by atoms with Crippen LogP contribution in [0, 0.1) is 0 Å². The van der Waals surface area contributed by atoms with Gasteiger partial charge in [0.05, 0.1) is 8.96 Å². The SMILES string of the molecule is COPN(C)C. The third kappa shape index (κ3) is 4.35. The summed E-state index contributed by atoms with van der Waals surface area (Å²) in [6.45, 7) is 0. The standard InChI is InChI=1S/C3H10NOP/c1-4(2)6-5-3/h6H,1-3H3. The fraction of sp³-hybridized carbons (Fsp3) is 1.00. The first-order valence-corrected chi connectivity index (χ1v) is 2.59. The summed E-state index contributed by atoms with van der Waals surface area (Å²) < 4.78 is 6.74. The highest BCUT2D eigenvalue weighted by molar-refractivity contribution is 7.29. The lowest BCUT2D eigenvalue weighted by Crippen LogP contribution is -1.95. The van der Waals surface area contributed by atoms with E-state index in [-0.39, 0.29) is 0 Å². The lowest BCUT2D eigenvalue weighted by atomic mass is 11.3. The van der Waals surface area contributed by atoms with Gasteiger partial charge in [-0.05, 0) is 14.1 Å². The van der Waals surface area contributed by atoms with Gasteiger partial charge in [0.1, 0.15) is 0 Å². The van der Waals surface area contributed by atoms with Crippen LogP contribution in [0.1, 0.15) is 0 Å². The van der Waals surface area contributed by atoms with Crippen LogP contribution in [0.15, 0.2) is 0 Å². The van der Waals surface area contributed by atoms with E-state index in [1.165, 1.54) is 0 Å². The zero-order chi connectivity index (χ0) is 4.99. The molecule has 0 aliphatic rings. The van der Waals surface area contributed by atoms with Gasteiger partial charge in [-0.1, -0.05) is 0 Å². The molecule has 1 atom stereocenters. The molecule has 2 nitrogen and oxygen atoms in total. The number of hydrogen-bond acceptors (Lipinski definition) is 2. The zero-order valence-electron chi connectivity index (χ0n) is 4.36. The summed E-state index contributed by atoms with van der Waals surface area (Å²) in [6, 6.07) is 0. The molecular formula is C3H10NOP. The minimum absolute atomic E-state index is 0.505. The topological polar surface area (TPSA) is 12.5 Å². The van der Waals surface area contributed by atoms with Crippen molar-refractivity contribution in [1.29, 1.82) is 0 Å². The molecule has 0 aliphatic carbocycles. The van der Waals surface area contributed by atoms with E-state index in [0.29, 0.717) is 8.96 Å². The van der Waals surface area contributed by atoms with Gasteiger partial charge in [0.2, 0.25) is 0 Å². The molecule has 0 rings (SSSR count). The number of rotatable bonds is 2. The molecule has 0 heterocycles. The zero-order valence-corrected chi connectivity index (χ0v) is 5.36. The largest absolute Gasteiger partial charge is 0.350 e. The molecule has 0 aromatic heterocycles. The first-order chi connectivity index (χ1) is 2.77. The second kappa shape index (κ2) is 3.54. The summed E-state index contributed by atoms with van der Waals surface area (Å²) in [5, 5.41) is 0. The highest BCUT2D eigenvalue weighted by atomic mass is 31.1. The maximum Gasteiger partial charge on any atom is 0.0879 e. The van der Waals surface area contributed by atoms with Crippen molar-refractivity contribution < 1.29 is 4.52 Å². The van der Waals surface area contributed by atoms with E-state index in [1.807, 2.05) is 18.8 Å². The quantitative estimate of drug-likeness (QED) is 0.482. The van der Waals surface area contributed by atoms with E-state index >= 15 is 0 Å². The van der Waals surface area contributed by atoms with Crippen LogP contribution in [-0.4, -0.2) is 25.9 Å². The van der Waals surface area contributed by atoms with Gasteiger partial charge < -0.3 is 4.52 Å². The van der Waals surface area contributed by atoms with Gasteiger partial charge in [-0.15, -0.1) is 0 Å². The van der Waals surface area contributed by atoms with Crippen molar-refractivity contribution in [1.82, 2.24) is 4.67 Å². The molecular weight excluding hydrogens is 97.0 g/mol. The van der Waals surface area contributed by atoms with Crippen LogP contribution < -0.4 is 0 Å². The Balaban J connectivity index is 2.63. The monoisotopic (exact) mass is 107 g/mol. The van der Waals surface area contributed by atoms with Crippen LogP contribution in [0.25, 0.3) is 0 Å². The highest BCUT2D eigenvalue weighted by Crippen LogP contribution is 2.09. The molecule has 6 heavy (non-hydrogen) atoms. The van der Waals surface area contributed by atoms with Gasteiger partial charge in [-0.25, -0.2) is 0 Å². The maximum atomic E-state index is 4.76. The Bertz CT molecular complexity index is 32.0. The van der Waals surface area contributed by atoms with Crippen LogP contribution >= 0.6 is 8.96 Å². The summed E-state index contributed by atoms with van der Waals surface area (Å²) in [4.78, 5) is 0. The lowest BCUT2D eigenvalue weighted by molar-refractivity contribution is 0.437. The fourth-order valence-corrected chi connectivity index (χ4v) is 0.548. The Kier molecular flexibility index (Phi) is 3.74. The molecule has 0 fully saturated rings. The Morgan fingerprint density at radius 3 is 2.00 bits per heavy atom. The average molecular weight is 107 g/mol. The van der Waals surface area contributed by atoms with Crippen LogP contribution in [-0.2, 0) is 4.52 Å². The number of hydrogen-bond donors (Lipinski definition) is 0. The van der Waals surface area contributed by atoms with E-state index in [0.717, 1.165) is 0 Å². The molecule has 0 N–H and O–H groups in total. The second-order valence-electron chi connectivity index (χ2n) is 1.19. The van der Waals surface area contributed by atoms with Gasteiger partial charge >= 0.3 is 0 Å². The Morgan fingerprint density at radius 2 is 2.00 bits per heavy atom. The molecule has 0 radical (unpaired) electrons. The lowest BCUT2D eigenvalue weighted by Gasteiger charge is -2.03. The van der Waals surface area contributed by atoms with Gasteiger partial charge in [-0.2, -0.15) is 0 Å². The van der Waals surface area contributed by atoms with E-state index in [1.54, 1.807) is 7.11 Å². The first-order valence-electron chi connectivity index (χ1n) is 1.73. The summed E-state index contributed by atoms with van der Waals surface area (Å²) >= 11 is 0. The molecule has 3 heteroatoms. The van der Waals surface area contributed by atoms with Gasteiger partial charge in [-0.3, -0.25) is 4.67 Å². The van der Waals surface area contributed by atoms with Crippen LogP contribution in [0.3, 0.4) is 0 Å². The van der Waals surface area contributed by atoms with E-state index < -0.39 is 0 Å². The summed E-state index contributed by atoms with van der Waals surface area (Å²) in [6.07, 6.45) is 0. The van der Waals surface area contributed by atoms with E-state index in [4.69, 9.17) is 4.52 Å².